The van der Waals surface area contributed by atoms with E-state index >= 15 is 0 Å². The third-order valence-corrected chi connectivity index (χ3v) is 6.18. The topological polar surface area (TPSA) is 80.3 Å². The molecule has 0 saturated carbocycles. The minimum absolute atomic E-state index is 0.307. The number of fused-ring (bicyclic) bond motifs is 1. The lowest BCUT2D eigenvalue weighted by molar-refractivity contribution is -0.163. The maximum Gasteiger partial charge on any atom is 0.316 e. The van der Waals surface area contributed by atoms with E-state index in [0.29, 0.717) is 35.5 Å². The number of hydrogen-bond donors (Lipinski definition) is 2. The van der Waals surface area contributed by atoms with Crippen molar-refractivity contribution in [2.45, 2.75) is 25.6 Å². The fraction of sp³-hybridized carbons (Fsp3) is 0.391. The van der Waals surface area contributed by atoms with Crippen LogP contribution in [0.25, 0.3) is 0 Å². The summed E-state index contributed by atoms with van der Waals surface area (Å²) in [6.45, 7) is 4.64. The maximum atomic E-state index is 13.1. The predicted octanol–water partition coefficient (Wildman–Crippen LogP) is 3.03. The van der Waals surface area contributed by atoms with Crippen LogP contribution in [-0.4, -0.2) is 42.2 Å². The van der Waals surface area contributed by atoms with Crippen molar-refractivity contribution < 1.29 is 24.1 Å². The Labute approximate surface area is 186 Å². The number of aliphatic hydroxyl groups is 1. The molecule has 4 rings (SSSR count). The van der Waals surface area contributed by atoms with Crippen LogP contribution in [0.1, 0.15) is 25.5 Å². The van der Waals surface area contributed by atoms with Gasteiger partial charge in [-0.3, -0.25) is 9.69 Å². The second-order valence-corrected chi connectivity index (χ2v) is 8.33. The molecular formula is C23H26N2O5S. The number of benzene rings is 2. The van der Waals surface area contributed by atoms with Crippen LogP contribution in [-0.2, 0) is 9.53 Å². The van der Waals surface area contributed by atoms with E-state index in [-0.39, 0.29) is 5.92 Å². The van der Waals surface area contributed by atoms with Crippen molar-refractivity contribution in [2.75, 3.05) is 25.2 Å². The Morgan fingerprint density at radius 1 is 1.19 bits per heavy atom. The fourth-order valence-corrected chi connectivity index (χ4v) is 4.69. The van der Waals surface area contributed by atoms with Crippen molar-refractivity contribution in [3.05, 3.63) is 54.1 Å². The van der Waals surface area contributed by atoms with E-state index in [0.717, 1.165) is 5.56 Å². The van der Waals surface area contributed by atoms with Crippen molar-refractivity contribution in [2.24, 2.45) is 11.8 Å². The highest BCUT2D eigenvalue weighted by Gasteiger charge is 2.58. The lowest BCUT2D eigenvalue weighted by atomic mass is 9.76. The highest BCUT2D eigenvalue weighted by molar-refractivity contribution is 7.80. The minimum Gasteiger partial charge on any atom is -0.486 e. The molecule has 0 aliphatic carbocycles. The van der Waals surface area contributed by atoms with Gasteiger partial charge in [0.15, 0.2) is 22.3 Å². The number of carbonyl (C=O) groups excluding carboxylic acids is 1. The molecule has 0 unspecified atom stereocenters. The average molecular weight is 443 g/mol. The Hall–Kier alpha value is -2.84. The smallest absolute Gasteiger partial charge is 0.316 e. The number of ether oxygens (including phenoxy) is 3. The van der Waals surface area contributed by atoms with E-state index in [2.05, 4.69) is 5.32 Å². The first-order valence-electron chi connectivity index (χ1n) is 10.2. The van der Waals surface area contributed by atoms with Gasteiger partial charge in [0, 0.05) is 12.0 Å². The van der Waals surface area contributed by atoms with Gasteiger partial charge in [0.2, 0.25) is 0 Å². The van der Waals surface area contributed by atoms with Gasteiger partial charge in [0.05, 0.1) is 18.8 Å². The van der Waals surface area contributed by atoms with Crippen LogP contribution in [0.3, 0.4) is 0 Å². The van der Waals surface area contributed by atoms with Gasteiger partial charge >= 0.3 is 5.97 Å². The van der Waals surface area contributed by atoms with Crippen LogP contribution in [0.4, 0.5) is 5.69 Å². The highest BCUT2D eigenvalue weighted by atomic mass is 32.1. The Balaban J connectivity index is 1.85. The Bertz CT molecular complexity index is 983. The van der Waals surface area contributed by atoms with Crippen molar-refractivity contribution in [3.8, 4) is 11.5 Å². The number of methoxy groups -OCH3 is 1. The zero-order valence-electron chi connectivity index (χ0n) is 17.7. The summed E-state index contributed by atoms with van der Waals surface area (Å²) in [5.41, 5.74) is -0.223. The summed E-state index contributed by atoms with van der Waals surface area (Å²) in [6.07, 6.45) is 0. The molecule has 1 saturated heterocycles. The van der Waals surface area contributed by atoms with Gasteiger partial charge in [-0.25, -0.2) is 0 Å². The normalized spacial score (nSPS) is 25.2. The van der Waals surface area contributed by atoms with E-state index in [9.17, 15) is 9.90 Å². The summed E-state index contributed by atoms with van der Waals surface area (Å²) in [6, 6.07) is 14.3. The average Bonchev–Trinajstić information content (AvgIpc) is 2.78. The number of esters is 1. The molecular weight excluding hydrogens is 416 g/mol. The lowest BCUT2D eigenvalue weighted by Crippen LogP contribution is -2.71. The molecule has 2 aliphatic rings. The van der Waals surface area contributed by atoms with Crippen LogP contribution in [0.15, 0.2) is 48.5 Å². The molecule has 0 bridgehead atoms. The number of hydrogen-bond acceptors (Lipinski definition) is 6. The molecule has 0 amide bonds. The summed E-state index contributed by atoms with van der Waals surface area (Å²) in [7, 11) is 1.33. The second-order valence-electron chi connectivity index (χ2n) is 7.94. The van der Waals surface area contributed by atoms with Crippen LogP contribution in [0.2, 0.25) is 0 Å². The lowest BCUT2D eigenvalue weighted by Gasteiger charge is -2.54. The van der Waals surface area contributed by atoms with Crippen molar-refractivity contribution in [1.82, 2.24) is 5.32 Å². The maximum absolute atomic E-state index is 13.1. The van der Waals surface area contributed by atoms with Crippen LogP contribution >= 0.6 is 12.2 Å². The Morgan fingerprint density at radius 3 is 2.52 bits per heavy atom. The van der Waals surface area contributed by atoms with Gasteiger partial charge < -0.3 is 24.6 Å². The molecule has 2 aliphatic heterocycles. The molecule has 2 heterocycles. The van der Waals surface area contributed by atoms with E-state index in [1.54, 1.807) is 23.1 Å². The fourth-order valence-electron chi connectivity index (χ4n) is 4.31. The van der Waals surface area contributed by atoms with Gasteiger partial charge in [0.25, 0.3) is 0 Å². The van der Waals surface area contributed by atoms with Crippen LogP contribution < -0.4 is 19.7 Å². The third kappa shape index (κ3) is 3.59. The van der Waals surface area contributed by atoms with E-state index in [1.807, 2.05) is 44.2 Å². The van der Waals surface area contributed by atoms with Gasteiger partial charge in [-0.1, -0.05) is 44.2 Å². The van der Waals surface area contributed by atoms with Crippen LogP contribution in [0.5, 0.6) is 11.5 Å². The molecule has 2 aromatic rings. The summed E-state index contributed by atoms with van der Waals surface area (Å²) in [5, 5.41) is 15.7. The molecule has 0 spiro atoms. The zero-order valence-corrected chi connectivity index (χ0v) is 18.5. The van der Waals surface area contributed by atoms with E-state index < -0.39 is 23.7 Å². The quantitative estimate of drug-likeness (QED) is 0.553. The van der Waals surface area contributed by atoms with E-state index in [4.69, 9.17) is 26.4 Å². The number of nitrogens with zero attached hydrogens (tertiary/aromatic N) is 1. The number of thiocarbonyl (C=S) groups is 1. The SMILES string of the molecule is COC(=O)[C@@H]1[C@H](c2ccccc2)NC(=S)N(c2ccc3c(c2)OCCO3)[C@]1(O)C(C)C. The molecule has 7 nitrogen and oxygen atoms in total. The molecule has 2 N–H and O–H groups in total. The minimum atomic E-state index is -1.65. The Kier molecular flexibility index (Phi) is 5.77. The number of anilines is 1. The first-order chi connectivity index (χ1) is 14.9. The van der Waals surface area contributed by atoms with Gasteiger partial charge in [0.1, 0.15) is 19.1 Å². The summed E-state index contributed by atoms with van der Waals surface area (Å²) in [5.74, 6) is -0.637. The summed E-state index contributed by atoms with van der Waals surface area (Å²) >= 11 is 5.72. The highest BCUT2D eigenvalue weighted by Crippen LogP contribution is 2.46. The number of nitrogens with one attached hydrogen (secondary N) is 1. The summed E-state index contributed by atoms with van der Waals surface area (Å²) < 4.78 is 16.5. The van der Waals surface area contributed by atoms with Crippen molar-refractivity contribution in [3.63, 3.8) is 0 Å². The molecule has 3 atom stereocenters. The number of carbonyl (C=O) groups is 1. The molecule has 1 fully saturated rings. The van der Waals surface area contributed by atoms with Gasteiger partial charge in [-0.2, -0.15) is 0 Å². The third-order valence-electron chi connectivity index (χ3n) is 5.88. The Morgan fingerprint density at radius 2 is 1.87 bits per heavy atom. The van der Waals surface area contributed by atoms with Gasteiger partial charge in [-0.15, -0.1) is 0 Å². The summed E-state index contributed by atoms with van der Waals surface area (Å²) in [4.78, 5) is 14.6. The van der Waals surface area contributed by atoms with E-state index in [1.165, 1.54) is 7.11 Å². The van der Waals surface area contributed by atoms with Crippen LogP contribution in [0, 0.1) is 11.8 Å². The standard InChI is InChI=1S/C23H26N2O5S/c1-14(2)23(27)19(21(26)28-3)20(15-7-5-4-6-8-15)24-22(31)25(23)16-9-10-17-18(13-16)30-12-11-29-17/h4-10,13-14,19-20,27H,11-12H2,1-3H3,(H,24,31)/t19-,20-,23-/m0/s1. The molecule has 31 heavy (non-hydrogen) atoms. The molecule has 0 aromatic heterocycles. The zero-order chi connectivity index (χ0) is 22.2. The van der Waals surface area contributed by atoms with Gasteiger partial charge in [-0.05, 0) is 29.9 Å². The van der Waals surface area contributed by atoms with Crippen molar-refractivity contribution in [1.29, 1.82) is 0 Å². The first-order valence-corrected chi connectivity index (χ1v) is 10.6. The predicted molar refractivity (Wildman–Crippen MR) is 120 cm³/mol. The molecule has 0 radical (unpaired) electrons. The molecule has 8 heteroatoms. The number of rotatable bonds is 4. The first kappa shape index (κ1) is 21.4. The molecule has 164 valence electrons. The van der Waals surface area contributed by atoms with Crippen molar-refractivity contribution >= 4 is 29.0 Å². The second kappa shape index (κ2) is 8.36. The largest absolute Gasteiger partial charge is 0.486 e. The monoisotopic (exact) mass is 442 g/mol. The molecule has 2 aromatic carbocycles.